The maximum absolute atomic E-state index is 12.4. The second-order valence-electron chi connectivity index (χ2n) is 5.49. The molecule has 0 bridgehead atoms. The molecular weight excluding hydrogens is 214 g/mol. The summed E-state index contributed by atoms with van der Waals surface area (Å²) in [6, 6.07) is 0.484. The van der Waals surface area contributed by atoms with Crippen molar-refractivity contribution in [3.8, 4) is 0 Å². The molecule has 2 heterocycles. The topological polar surface area (TPSA) is 35.6 Å². The number of unbranched alkanes of at least 4 members (excludes halogenated alkanes) is 1. The van der Waals surface area contributed by atoms with Gasteiger partial charge in [-0.25, -0.2) is 0 Å². The van der Waals surface area contributed by atoms with E-state index >= 15 is 0 Å². The van der Waals surface area contributed by atoms with Gasteiger partial charge in [0.15, 0.2) is 0 Å². The highest BCUT2D eigenvalue weighted by molar-refractivity contribution is 5.84. The Morgan fingerprint density at radius 3 is 2.82 bits per heavy atom. The number of likely N-dealkylation sites (N-methyl/N-ethyl adjacent to an activating group) is 1. The molecule has 3 atom stereocenters. The average molecular weight is 239 g/mol. The van der Waals surface area contributed by atoms with Crippen LogP contribution in [0.2, 0.25) is 0 Å². The van der Waals surface area contributed by atoms with Crippen LogP contribution in [0, 0.1) is 0 Å². The van der Waals surface area contributed by atoms with Gasteiger partial charge in [0, 0.05) is 12.6 Å². The Bertz CT molecular complexity index is 282. The third-order valence-corrected chi connectivity index (χ3v) is 4.02. The molecule has 0 radical (unpaired) electrons. The third kappa shape index (κ3) is 2.63. The lowest BCUT2D eigenvalue weighted by Crippen LogP contribution is -2.44. The Labute approximate surface area is 104 Å². The van der Waals surface area contributed by atoms with Crippen LogP contribution < -0.4 is 5.32 Å². The molecule has 1 N–H and O–H groups in total. The second kappa shape index (κ2) is 5.36. The number of amides is 1. The fourth-order valence-corrected chi connectivity index (χ4v) is 3.06. The number of rotatable bonds is 4. The summed E-state index contributed by atoms with van der Waals surface area (Å²) in [6.45, 7) is 6.42. The Balaban J connectivity index is 1.96. The number of hydrogen-bond acceptors (Lipinski definition) is 3. The highest BCUT2D eigenvalue weighted by Gasteiger charge is 2.41. The minimum Gasteiger partial charge on any atom is -0.322 e. The average Bonchev–Trinajstić information content (AvgIpc) is 2.81. The second-order valence-corrected chi connectivity index (χ2v) is 5.49. The van der Waals surface area contributed by atoms with Gasteiger partial charge < -0.3 is 9.80 Å². The van der Waals surface area contributed by atoms with E-state index in [1.165, 1.54) is 0 Å². The van der Waals surface area contributed by atoms with Crippen molar-refractivity contribution in [1.82, 2.24) is 15.1 Å². The first kappa shape index (κ1) is 12.8. The molecule has 2 aliphatic rings. The Morgan fingerprint density at radius 2 is 2.24 bits per heavy atom. The predicted octanol–water partition coefficient (Wildman–Crippen LogP) is 1.03. The monoisotopic (exact) mass is 239 g/mol. The van der Waals surface area contributed by atoms with Gasteiger partial charge in [-0.1, -0.05) is 19.8 Å². The number of nitrogens with zero attached hydrogens (tertiary/aromatic N) is 2. The Morgan fingerprint density at radius 1 is 1.47 bits per heavy atom. The molecule has 0 aromatic carbocycles. The van der Waals surface area contributed by atoms with Gasteiger partial charge in [0.1, 0.15) is 0 Å². The number of likely N-dealkylation sites (tertiary alicyclic amines) is 1. The molecule has 17 heavy (non-hydrogen) atoms. The van der Waals surface area contributed by atoms with Gasteiger partial charge in [0.05, 0.1) is 12.2 Å². The van der Waals surface area contributed by atoms with E-state index in [0.29, 0.717) is 11.9 Å². The molecule has 0 saturated carbocycles. The van der Waals surface area contributed by atoms with Crippen LogP contribution in [0.5, 0.6) is 0 Å². The summed E-state index contributed by atoms with van der Waals surface area (Å²) in [5, 5.41) is 3.44. The lowest BCUT2D eigenvalue weighted by molar-refractivity contribution is -0.131. The van der Waals surface area contributed by atoms with Gasteiger partial charge in [-0.2, -0.15) is 0 Å². The van der Waals surface area contributed by atoms with E-state index in [4.69, 9.17) is 0 Å². The normalized spacial score (nSPS) is 34.9. The first-order chi connectivity index (χ1) is 8.13. The van der Waals surface area contributed by atoms with Crippen LogP contribution in [-0.4, -0.2) is 54.1 Å². The summed E-state index contributed by atoms with van der Waals surface area (Å²) in [7, 11) is 2.13. The van der Waals surface area contributed by atoms with Crippen LogP contribution in [0.1, 0.15) is 39.5 Å². The van der Waals surface area contributed by atoms with Gasteiger partial charge >= 0.3 is 0 Å². The third-order valence-electron chi connectivity index (χ3n) is 4.02. The summed E-state index contributed by atoms with van der Waals surface area (Å²) in [5.74, 6) is 0.325. The highest BCUT2D eigenvalue weighted by atomic mass is 16.2. The lowest BCUT2D eigenvalue weighted by atomic mass is 10.1. The first-order valence-electron chi connectivity index (χ1n) is 6.90. The molecule has 0 aromatic heterocycles. The minimum atomic E-state index is 0.0656. The van der Waals surface area contributed by atoms with Crippen LogP contribution in [0.4, 0.5) is 0 Å². The molecule has 1 amide bonds. The van der Waals surface area contributed by atoms with Crippen molar-refractivity contribution in [1.29, 1.82) is 0 Å². The molecular formula is C13H25N3O. The first-order valence-corrected chi connectivity index (χ1v) is 6.90. The van der Waals surface area contributed by atoms with Gasteiger partial charge in [0.2, 0.25) is 5.91 Å². The van der Waals surface area contributed by atoms with Crippen molar-refractivity contribution in [2.75, 3.05) is 20.1 Å². The number of carbonyl (C=O) groups is 1. The number of nitrogens with one attached hydrogen (secondary N) is 1. The standard InChI is InChI=1S/C13H25N3O/c1-4-5-6-12-13(17)16(10(2)14-12)11-7-8-15(3)9-11/h10-12,14H,4-9H2,1-3H3. The highest BCUT2D eigenvalue weighted by Crippen LogP contribution is 2.23. The largest absolute Gasteiger partial charge is 0.322 e. The number of carbonyl (C=O) groups excluding carboxylic acids is 1. The van der Waals surface area contributed by atoms with Gasteiger partial charge in [-0.05, 0) is 33.4 Å². The molecule has 4 heteroatoms. The maximum Gasteiger partial charge on any atom is 0.241 e. The molecule has 2 aliphatic heterocycles. The SMILES string of the molecule is CCCCC1NC(C)N(C2CCN(C)C2)C1=O. The summed E-state index contributed by atoms with van der Waals surface area (Å²) in [6.07, 6.45) is 4.61. The van der Waals surface area contributed by atoms with E-state index in [-0.39, 0.29) is 12.2 Å². The van der Waals surface area contributed by atoms with Crippen LogP contribution in [0.15, 0.2) is 0 Å². The summed E-state index contributed by atoms with van der Waals surface area (Å²) >= 11 is 0. The van der Waals surface area contributed by atoms with Gasteiger partial charge in [0.25, 0.3) is 0 Å². The summed E-state index contributed by atoms with van der Waals surface area (Å²) in [5.41, 5.74) is 0. The molecule has 3 unspecified atom stereocenters. The summed E-state index contributed by atoms with van der Waals surface area (Å²) in [4.78, 5) is 16.8. The smallest absolute Gasteiger partial charge is 0.241 e. The molecule has 2 rings (SSSR count). The number of hydrogen-bond donors (Lipinski definition) is 1. The van der Waals surface area contributed by atoms with E-state index in [9.17, 15) is 4.79 Å². The molecule has 4 nitrogen and oxygen atoms in total. The quantitative estimate of drug-likeness (QED) is 0.796. The summed E-state index contributed by atoms with van der Waals surface area (Å²) < 4.78 is 0. The van der Waals surface area contributed by atoms with E-state index in [0.717, 1.165) is 38.8 Å². The Hall–Kier alpha value is -0.610. The van der Waals surface area contributed by atoms with Crippen molar-refractivity contribution in [3.05, 3.63) is 0 Å². The zero-order valence-electron chi connectivity index (χ0n) is 11.3. The molecule has 0 spiro atoms. The minimum absolute atomic E-state index is 0.0656. The van der Waals surface area contributed by atoms with Crippen molar-refractivity contribution in [2.45, 2.75) is 57.8 Å². The fourth-order valence-electron chi connectivity index (χ4n) is 3.06. The zero-order valence-corrected chi connectivity index (χ0v) is 11.3. The molecule has 0 aliphatic carbocycles. The van der Waals surface area contributed by atoms with Crippen LogP contribution in [-0.2, 0) is 4.79 Å². The van der Waals surface area contributed by atoms with Crippen molar-refractivity contribution >= 4 is 5.91 Å². The van der Waals surface area contributed by atoms with E-state index in [1.807, 2.05) is 0 Å². The molecule has 2 saturated heterocycles. The van der Waals surface area contributed by atoms with E-state index in [2.05, 4.69) is 36.0 Å². The lowest BCUT2D eigenvalue weighted by Gasteiger charge is -2.27. The van der Waals surface area contributed by atoms with Crippen LogP contribution >= 0.6 is 0 Å². The zero-order chi connectivity index (χ0) is 12.4. The van der Waals surface area contributed by atoms with E-state index in [1.54, 1.807) is 0 Å². The molecule has 0 aromatic rings. The van der Waals surface area contributed by atoms with Crippen LogP contribution in [0.3, 0.4) is 0 Å². The fraction of sp³-hybridized carbons (Fsp3) is 0.923. The van der Waals surface area contributed by atoms with Crippen LogP contribution in [0.25, 0.3) is 0 Å². The maximum atomic E-state index is 12.4. The molecule has 2 fully saturated rings. The van der Waals surface area contributed by atoms with Crippen molar-refractivity contribution in [3.63, 3.8) is 0 Å². The predicted molar refractivity (Wildman–Crippen MR) is 68.7 cm³/mol. The van der Waals surface area contributed by atoms with Gasteiger partial charge in [-0.15, -0.1) is 0 Å². The van der Waals surface area contributed by atoms with Gasteiger partial charge in [-0.3, -0.25) is 10.1 Å². The van der Waals surface area contributed by atoms with Crippen molar-refractivity contribution < 1.29 is 4.79 Å². The van der Waals surface area contributed by atoms with Crippen molar-refractivity contribution in [2.24, 2.45) is 0 Å². The Kier molecular flexibility index (Phi) is 4.05. The van der Waals surface area contributed by atoms with E-state index < -0.39 is 0 Å². The molecule has 98 valence electrons.